The predicted molar refractivity (Wildman–Crippen MR) is 141 cm³/mol. The first-order valence-electron chi connectivity index (χ1n) is 14.0. The van der Waals surface area contributed by atoms with Crippen LogP contribution in [0.4, 0.5) is 0 Å². The van der Waals surface area contributed by atoms with Crippen molar-refractivity contribution in [1.29, 1.82) is 0 Å². The van der Waals surface area contributed by atoms with Gasteiger partial charge in [0.15, 0.2) is 0 Å². The molecule has 0 aromatic heterocycles. The van der Waals surface area contributed by atoms with Gasteiger partial charge in [-0.1, -0.05) is 36.4 Å². The van der Waals surface area contributed by atoms with Gasteiger partial charge >= 0.3 is 0 Å². The average molecular weight is 503 g/mol. The molecule has 2 aliphatic heterocycles. The highest BCUT2D eigenvalue weighted by molar-refractivity contribution is 5.82. The fraction of sp³-hybridized carbons (Fsp3) is 0.548. The first kappa shape index (κ1) is 24.5. The van der Waals surface area contributed by atoms with Gasteiger partial charge in [-0.05, 0) is 86.1 Å². The van der Waals surface area contributed by atoms with Crippen LogP contribution in [0.15, 0.2) is 42.5 Å². The van der Waals surface area contributed by atoms with E-state index in [1.54, 1.807) is 7.11 Å². The Bertz CT molecular complexity index is 1160. The average Bonchev–Trinajstić information content (AvgIpc) is 3.36. The Labute approximate surface area is 219 Å². The maximum Gasteiger partial charge on any atom is 0.249 e. The van der Waals surface area contributed by atoms with Gasteiger partial charge in [0.05, 0.1) is 19.8 Å². The molecule has 6 nitrogen and oxygen atoms in total. The number of carbonyl (C=O) groups excluding carboxylic acids is 2. The van der Waals surface area contributed by atoms with Gasteiger partial charge in [-0.3, -0.25) is 9.59 Å². The summed E-state index contributed by atoms with van der Waals surface area (Å²) in [6, 6.07) is 14.7. The Hall–Kier alpha value is -2.86. The zero-order valence-corrected chi connectivity index (χ0v) is 21.8. The van der Waals surface area contributed by atoms with E-state index >= 15 is 0 Å². The second kappa shape index (κ2) is 10.1. The quantitative estimate of drug-likeness (QED) is 0.673. The van der Waals surface area contributed by atoms with Gasteiger partial charge in [0.2, 0.25) is 11.8 Å². The normalized spacial score (nSPS) is 26.3. The first-order valence-corrected chi connectivity index (χ1v) is 14.0. The Morgan fingerprint density at radius 1 is 1.03 bits per heavy atom. The highest BCUT2D eigenvalue weighted by Gasteiger charge is 2.46. The molecule has 37 heavy (non-hydrogen) atoms. The molecule has 2 fully saturated rings. The van der Waals surface area contributed by atoms with E-state index < -0.39 is 6.10 Å². The maximum atomic E-state index is 13.5. The Kier molecular flexibility index (Phi) is 6.70. The minimum Gasteiger partial charge on any atom is -0.496 e. The minimum absolute atomic E-state index is 0.00560. The summed E-state index contributed by atoms with van der Waals surface area (Å²) in [6.07, 6.45) is 7.92. The molecule has 0 bridgehead atoms. The Morgan fingerprint density at radius 3 is 2.68 bits per heavy atom. The zero-order valence-electron chi connectivity index (χ0n) is 21.8. The molecule has 2 aromatic rings. The van der Waals surface area contributed by atoms with E-state index in [0.717, 1.165) is 76.6 Å². The lowest BCUT2D eigenvalue weighted by Gasteiger charge is -2.40. The molecule has 6 heteroatoms. The molecule has 2 aromatic carbocycles. The predicted octanol–water partition coefficient (Wildman–Crippen LogP) is 4.39. The summed E-state index contributed by atoms with van der Waals surface area (Å²) in [5.41, 5.74) is 5.11. The van der Waals surface area contributed by atoms with Crippen molar-refractivity contribution < 1.29 is 19.1 Å². The minimum atomic E-state index is -0.390. The number of amides is 2. The summed E-state index contributed by atoms with van der Waals surface area (Å²) < 4.78 is 11.7. The van der Waals surface area contributed by atoms with Crippen molar-refractivity contribution in [3.63, 3.8) is 0 Å². The summed E-state index contributed by atoms with van der Waals surface area (Å²) in [6.45, 7) is 2.12. The summed E-state index contributed by atoms with van der Waals surface area (Å²) >= 11 is 0. The van der Waals surface area contributed by atoms with E-state index in [9.17, 15) is 9.59 Å². The van der Waals surface area contributed by atoms with Crippen LogP contribution in [0, 0.1) is 11.3 Å². The van der Waals surface area contributed by atoms with Crippen LogP contribution in [0.3, 0.4) is 0 Å². The van der Waals surface area contributed by atoms with Crippen LogP contribution >= 0.6 is 0 Å². The third-order valence-electron chi connectivity index (χ3n) is 9.34. The monoisotopic (exact) mass is 502 g/mol. The van der Waals surface area contributed by atoms with Gasteiger partial charge in [-0.25, -0.2) is 0 Å². The molecule has 1 spiro atoms. The van der Waals surface area contributed by atoms with Crippen molar-refractivity contribution in [2.24, 2.45) is 11.3 Å². The zero-order chi connectivity index (χ0) is 25.4. The van der Waals surface area contributed by atoms with Crippen molar-refractivity contribution in [3.8, 4) is 5.75 Å². The maximum absolute atomic E-state index is 13.5. The van der Waals surface area contributed by atoms with E-state index in [1.807, 2.05) is 12.1 Å². The van der Waals surface area contributed by atoms with Crippen LogP contribution in [0.5, 0.6) is 5.75 Å². The number of piperidine rings is 1. The summed E-state index contributed by atoms with van der Waals surface area (Å²) in [4.78, 5) is 28.7. The molecular formula is C31H38N2O4. The summed E-state index contributed by atoms with van der Waals surface area (Å²) in [7, 11) is 1.70. The van der Waals surface area contributed by atoms with Gasteiger partial charge in [0, 0.05) is 24.4 Å². The number of carbonyl (C=O) groups is 2. The third-order valence-corrected chi connectivity index (χ3v) is 9.34. The van der Waals surface area contributed by atoms with E-state index in [0.29, 0.717) is 6.61 Å². The second-order valence-electron chi connectivity index (χ2n) is 11.5. The van der Waals surface area contributed by atoms with Crippen molar-refractivity contribution in [3.05, 3.63) is 64.7 Å². The molecule has 2 aliphatic carbocycles. The van der Waals surface area contributed by atoms with Gasteiger partial charge in [-0.15, -0.1) is 0 Å². The van der Waals surface area contributed by atoms with E-state index in [-0.39, 0.29) is 29.2 Å². The number of nitrogens with zero attached hydrogens (tertiary/aromatic N) is 1. The van der Waals surface area contributed by atoms with Crippen LogP contribution in [0.2, 0.25) is 0 Å². The van der Waals surface area contributed by atoms with Gasteiger partial charge in [0.1, 0.15) is 11.9 Å². The topological polar surface area (TPSA) is 67.9 Å². The number of fused-ring (bicyclic) bond motifs is 2. The van der Waals surface area contributed by atoms with Crippen molar-refractivity contribution >= 4 is 11.8 Å². The number of ether oxygens (including phenoxy) is 2. The number of rotatable bonds is 4. The van der Waals surface area contributed by atoms with Crippen molar-refractivity contribution in [2.75, 3.05) is 26.8 Å². The van der Waals surface area contributed by atoms with E-state index in [2.05, 4.69) is 40.5 Å². The molecule has 0 saturated carbocycles. The third kappa shape index (κ3) is 4.76. The molecule has 3 atom stereocenters. The van der Waals surface area contributed by atoms with E-state index in [1.165, 1.54) is 22.3 Å². The molecule has 2 heterocycles. The standard InChI is InChI=1S/C31H38N2O4/c1-36-27-11-5-8-22-12-13-23(18-25(22)27)30(35)33-16-14-31(15-17-33)19-28(37-20-31)29(34)32-26-10-4-7-21-6-2-3-9-24(21)26/h2-3,5-6,8-9,11,23,26,28H,4,7,10,12-20H2,1H3,(H,32,34)/t23?,26-,28?/m0/s1. The summed E-state index contributed by atoms with van der Waals surface area (Å²) in [5, 5.41) is 3.29. The van der Waals surface area contributed by atoms with Gasteiger partial charge in [0.25, 0.3) is 0 Å². The fourth-order valence-corrected chi connectivity index (χ4v) is 7.09. The van der Waals surface area contributed by atoms with Gasteiger partial charge in [-0.2, -0.15) is 0 Å². The largest absolute Gasteiger partial charge is 0.496 e. The molecule has 1 N–H and O–H groups in total. The highest BCUT2D eigenvalue weighted by Crippen LogP contribution is 2.43. The number of benzene rings is 2. The smallest absolute Gasteiger partial charge is 0.249 e. The van der Waals surface area contributed by atoms with Crippen molar-refractivity contribution in [1.82, 2.24) is 10.2 Å². The SMILES string of the molecule is COc1cccc2c1CC(C(=O)N1CCC3(CC1)COC(C(=O)N[C@H]1CCCc4ccccc41)C3)CC2. The molecular weight excluding hydrogens is 464 g/mol. The molecule has 2 saturated heterocycles. The van der Waals surface area contributed by atoms with Crippen LogP contribution in [0.25, 0.3) is 0 Å². The van der Waals surface area contributed by atoms with Crippen molar-refractivity contribution in [2.45, 2.75) is 69.9 Å². The number of likely N-dealkylation sites (tertiary alicyclic amines) is 1. The molecule has 6 rings (SSSR count). The molecule has 0 radical (unpaired) electrons. The van der Waals surface area contributed by atoms with Crippen LogP contribution in [-0.4, -0.2) is 49.6 Å². The number of methoxy groups -OCH3 is 1. The lowest BCUT2D eigenvalue weighted by molar-refractivity contribution is -0.138. The summed E-state index contributed by atoms with van der Waals surface area (Å²) in [5.74, 6) is 1.22. The highest BCUT2D eigenvalue weighted by atomic mass is 16.5. The lowest BCUT2D eigenvalue weighted by atomic mass is 9.76. The first-order chi connectivity index (χ1) is 18.0. The molecule has 2 unspecified atom stereocenters. The van der Waals surface area contributed by atoms with Crippen LogP contribution in [-0.2, 0) is 33.6 Å². The van der Waals surface area contributed by atoms with Crippen LogP contribution in [0.1, 0.15) is 66.8 Å². The Morgan fingerprint density at radius 2 is 1.84 bits per heavy atom. The number of nitrogens with one attached hydrogen (secondary N) is 1. The van der Waals surface area contributed by atoms with E-state index in [4.69, 9.17) is 9.47 Å². The van der Waals surface area contributed by atoms with Gasteiger partial charge < -0.3 is 19.7 Å². The number of hydrogen-bond acceptors (Lipinski definition) is 4. The number of hydrogen-bond donors (Lipinski definition) is 1. The lowest BCUT2D eigenvalue weighted by Crippen LogP contribution is -2.47. The fourth-order valence-electron chi connectivity index (χ4n) is 7.09. The second-order valence-corrected chi connectivity index (χ2v) is 11.5. The molecule has 196 valence electrons. The molecule has 2 amide bonds. The Balaban J connectivity index is 1.03. The number of aryl methyl sites for hydroxylation is 2. The molecule has 4 aliphatic rings. The van der Waals surface area contributed by atoms with Crippen LogP contribution < -0.4 is 10.1 Å².